The average molecular weight is 393 g/mol. The largest absolute Gasteiger partial charge is 0.353 e. The number of hydrogen-bond acceptors (Lipinski definition) is 4. The molecule has 1 aromatic carbocycles. The summed E-state index contributed by atoms with van der Waals surface area (Å²) in [4.78, 5) is 33.5. The molecule has 0 spiro atoms. The normalized spacial score (nSPS) is 17.2. The summed E-state index contributed by atoms with van der Waals surface area (Å²) in [5, 5.41) is 6.01. The first-order valence-electron chi connectivity index (χ1n) is 10.3. The van der Waals surface area contributed by atoms with E-state index >= 15 is 0 Å². The molecule has 2 N–H and O–H groups in total. The number of nitrogens with one attached hydrogen (secondary N) is 2. The number of nitrogens with zero attached hydrogens (tertiary/aromatic N) is 3. The summed E-state index contributed by atoms with van der Waals surface area (Å²) in [5.41, 5.74) is 1.22. The number of amides is 3. The van der Waals surface area contributed by atoms with Gasteiger partial charge in [-0.1, -0.05) is 25.0 Å². The number of hydrogen-bond donors (Lipinski definition) is 2. The van der Waals surface area contributed by atoms with Crippen LogP contribution in [0.2, 0.25) is 0 Å². The third-order valence-electron chi connectivity index (χ3n) is 5.61. The predicted octanol–water partition coefficient (Wildman–Crippen LogP) is 3.11. The van der Waals surface area contributed by atoms with Gasteiger partial charge in [-0.05, 0) is 43.2 Å². The third-order valence-corrected chi connectivity index (χ3v) is 5.61. The smallest absolute Gasteiger partial charge is 0.321 e. The monoisotopic (exact) mass is 393 g/mol. The van der Waals surface area contributed by atoms with Gasteiger partial charge in [0.1, 0.15) is 5.82 Å². The Labute approximate surface area is 171 Å². The number of rotatable bonds is 4. The number of aromatic nitrogens is 1. The summed E-state index contributed by atoms with van der Waals surface area (Å²) in [7, 11) is 0. The molecule has 4 rings (SSSR count). The summed E-state index contributed by atoms with van der Waals surface area (Å²) in [6.07, 6.45) is 6.23. The molecule has 2 aliphatic rings. The highest BCUT2D eigenvalue weighted by Gasteiger charge is 2.22. The number of anilines is 2. The summed E-state index contributed by atoms with van der Waals surface area (Å²) in [6, 6.07) is 13.1. The van der Waals surface area contributed by atoms with E-state index in [2.05, 4.69) is 20.5 Å². The summed E-state index contributed by atoms with van der Waals surface area (Å²) >= 11 is 0. The van der Waals surface area contributed by atoms with Crippen LogP contribution in [0.5, 0.6) is 0 Å². The number of piperazine rings is 1. The van der Waals surface area contributed by atoms with E-state index in [1.54, 1.807) is 29.3 Å². The van der Waals surface area contributed by atoms with E-state index in [1.807, 2.05) is 24.3 Å². The van der Waals surface area contributed by atoms with Crippen molar-refractivity contribution in [1.29, 1.82) is 0 Å². The minimum Gasteiger partial charge on any atom is -0.353 e. The Kier molecular flexibility index (Phi) is 5.93. The highest BCUT2D eigenvalue weighted by molar-refractivity contribution is 5.97. The van der Waals surface area contributed by atoms with Gasteiger partial charge in [0.15, 0.2) is 0 Å². The number of pyridine rings is 1. The van der Waals surface area contributed by atoms with E-state index in [-0.39, 0.29) is 18.0 Å². The van der Waals surface area contributed by atoms with Crippen LogP contribution in [0.25, 0.3) is 0 Å². The summed E-state index contributed by atoms with van der Waals surface area (Å²) < 4.78 is 0. The lowest BCUT2D eigenvalue weighted by atomic mass is 10.1. The quantitative estimate of drug-likeness (QED) is 0.837. The van der Waals surface area contributed by atoms with Gasteiger partial charge in [0.05, 0.1) is 0 Å². The molecule has 2 heterocycles. The maximum Gasteiger partial charge on any atom is 0.321 e. The fraction of sp³-hybridized carbons (Fsp3) is 0.409. The van der Waals surface area contributed by atoms with Crippen LogP contribution in [-0.2, 0) is 0 Å². The molecular formula is C22H27N5O2. The van der Waals surface area contributed by atoms with Crippen LogP contribution in [0.4, 0.5) is 16.3 Å². The Hall–Kier alpha value is -3.09. The number of urea groups is 1. The Balaban J connectivity index is 1.31. The van der Waals surface area contributed by atoms with Crippen LogP contribution in [0.15, 0.2) is 48.7 Å². The molecule has 1 saturated carbocycles. The van der Waals surface area contributed by atoms with E-state index in [9.17, 15) is 9.59 Å². The molecule has 1 aliphatic carbocycles. The molecule has 152 valence electrons. The molecule has 29 heavy (non-hydrogen) atoms. The Bertz CT molecular complexity index is 843. The maximum absolute atomic E-state index is 12.7. The van der Waals surface area contributed by atoms with Gasteiger partial charge < -0.3 is 20.4 Å². The fourth-order valence-corrected chi connectivity index (χ4v) is 3.96. The molecule has 1 aliphatic heterocycles. The summed E-state index contributed by atoms with van der Waals surface area (Å²) in [6.45, 7) is 2.75. The van der Waals surface area contributed by atoms with Crippen LogP contribution in [0, 0.1) is 0 Å². The van der Waals surface area contributed by atoms with Crippen molar-refractivity contribution < 1.29 is 9.59 Å². The van der Waals surface area contributed by atoms with Crippen molar-refractivity contribution in [3.63, 3.8) is 0 Å². The Morgan fingerprint density at radius 1 is 0.966 bits per heavy atom. The first-order chi connectivity index (χ1) is 14.2. The van der Waals surface area contributed by atoms with Crippen molar-refractivity contribution >= 4 is 23.4 Å². The van der Waals surface area contributed by atoms with E-state index in [0.29, 0.717) is 24.3 Å². The first kappa shape index (κ1) is 19.2. The SMILES string of the molecule is O=C(NC1CCCC1)c1cccc(NC(=O)N2CCN(c3ccccn3)CC2)c1. The standard InChI is InChI=1S/C22H27N5O2/c28-21(24-18-7-1-2-8-18)17-6-5-9-19(16-17)25-22(29)27-14-12-26(13-15-27)20-10-3-4-11-23-20/h3-6,9-11,16,18H,1-2,7-8,12-15H2,(H,24,28)(H,25,29). The van der Waals surface area contributed by atoms with Gasteiger partial charge >= 0.3 is 6.03 Å². The lowest BCUT2D eigenvalue weighted by molar-refractivity contribution is 0.0938. The zero-order valence-electron chi connectivity index (χ0n) is 16.5. The molecule has 3 amide bonds. The van der Waals surface area contributed by atoms with Crippen LogP contribution in [-0.4, -0.2) is 54.0 Å². The Morgan fingerprint density at radius 3 is 2.48 bits per heavy atom. The molecule has 2 aromatic rings. The van der Waals surface area contributed by atoms with Gasteiger partial charge in [0.25, 0.3) is 5.91 Å². The van der Waals surface area contributed by atoms with Gasteiger partial charge in [0, 0.05) is 49.7 Å². The van der Waals surface area contributed by atoms with E-state index < -0.39 is 0 Å². The number of benzene rings is 1. The molecule has 7 nitrogen and oxygen atoms in total. The van der Waals surface area contributed by atoms with Crippen molar-refractivity contribution in [2.45, 2.75) is 31.7 Å². The first-order valence-corrected chi connectivity index (χ1v) is 10.3. The van der Waals surface area contributed by atoms with Crippen LogP contribution in [0.1, 0.15) is 36.0 Å². The van der Waals surface area contributed by atoms with Crippen molar-refractivity contribution in [3.8, 4) is 0 Å². The summed E-state index contributed by atoms with van der Waals surface area (Å²) in [5.74, 6) is 0.866. The fourth-order valence-electron chi connectivity index (χ4n) is 3.96. The topological polar surface area (TPSA) is 77.6 Å². The van der Waals surface area contributed by atoms with Crippen LogP contribution in [0.3, 0.4) is 0 Å². The second-order valence-corrected chi connectivity index (χ2v) is 7.63. The van der Waals surface area contributed by atoms with Gasteiger partial charge in [-0.2, -0.15) is 0 Å². The van der Waals surface area contributed by atoms with Crippen LogP contribution >= 0.6 is 0 Å². The van der Waals surface area contributed by atoms with Crippen molar-refractivity contribution in [1.82, 2.24) is 15.2 Å². The Morgan fingerprint density at radius 2 is 1.76 bits per heavy atom. The molecule has 0 unspecified atom stereocenters. The molecule has 7 heteroatoms. The second kappa shape index (κ2) is 8.94. The van der Waals surface area contributed by atoms with Gasteiger partial charge in [-0.25, -0.2) is 9.78 Å². The molecule has 0 bridgehead atoms. The maximum atomic E-state index is 12.7. The highest BCUT2D eigenvalue weighted by Crippen LogP contribution is 2.19. The van der Waals surface area contributed by atoms with Gasteiger partial charge in [-0.3, -0.25) is 4.79 Å². The average Bonchev–Trinajstić information content (AvgIpc) is 3.28. The molecule has 1 aromatic heterocycles. The highest BCUT2D eigenvalue weighted by atomic mass is 16.2. The van der Waals surface area contributed by atoms with Crippen LogP contribution < -0.4 is 15.5 Å². The van der Waals surface area contributed by atoms with E-state index in [0.717, 1.165) is 31.7 Å². The lowest BCUT2D eigenvalue weighted by Crippen LogP contribution is -2.50. The van der Waals surface area contributed by atoms with Crippen molar-refractivity contribution in [2.75, 3.05) is 36.4 Å². The van der Waals surface area contributed by atoms with Crippen molar-refractivity contribution in [3.05, 3.63) is 54.2 Å². The minimum absolute atomic E-state index is 0.0722. The second-order valence-electron chi connectivity index (χ2n) is 7.63. The number of carbonyl (C=O) groups excluding carboxylic acids is 2. The van der Waals surface area contributed by atoms with Gasteiger partial charge in [-0.15, -0.1) is 0 Å². The number of carbonyl (C=O) groups is 2. The zero-order chi connectivity index (χ0) is 20.1. The van der Waals surface area contributed by atoms with E-state index in [1.165, 1.54) is 12.8 Å². The third kappa shape index (κ3) is 4.85. The van der Waals surface area contributed by atoms with E-state index in [4.69, 9.17) is 0 Å². The van der Waals surface area contributed by atoms with Crippen molar-refractivity contribution in [2.24, 2.45) is 0 Å². The molecule has 0 atom stereocenters. The molecule has 2 fully saturated rings. The molecular weight excluding hydrogens is 366 g/mol. The lowest BCUT2D eigenvalue weighted by Gasteiger charge is -2.35. The molecule has 1 saturated heterocycles. The predicted molar refractivity (Wildman–Crippen MR) is 113 cm³/mol. The molecule has 0 radical (unpaired) electrons. The van der Waals surface area contributed by atoms with Gasteiger partial charge in [0.2, 0.25) is 0 Å². The zero-order valence-corrected chi connectivity index (χ0v) is 16.5. The minimum atomic E-state index is -0.140.